The number of methoxy groups -OCH3 is 4. The van der Waals surface area contributed by atoms with Crippen LogP contribution < -0.4 is 28.4 Å². The van der Waals surface area contributed by atoms with Crippen molar-refractivity contribution in [2.45, 2.75) is 38.5 Å². The van der Waals surface area contributed by atoms with Crippen LogP contribution in [0.15, 0.2) is 133 Å². The summed E-state index contributed by atoms with van der Waals surface area (Å²) in [7, 11) is 6.74. The first-order valence-corrected chi connectivity index (χ1v) is 17.6. The van der Waals surface area contributed by atoms with Crippen molar-refractivity contribution >= 4 is 0 Å². The molecule has 0 saturated heterocycles. The van der Waals surface area contributed by atoms with E-state index in [1.165, 1.54) is 22.3 Å². The molecule has 6 aromatic carbocycles. The van der Waals surface area contributed by atoms with E-state index in [0.717, 1.165) is 95.6 Å². The molecule has 6 heteroatoms. The largest absolute Gasteiger partial charge is 0.497 e. The van der Waals surface area contributed by atoms with Crippen molar-refractivity contribution in [2.75, 3.05) is 28.4 Å². The molecule has 266 valence electrons. The third-order valence-corrected chi connectivity index (χ3v) is 9.09. The van der Waals surface area contributed by atoms with Gasteiger partial charge in [-0.05, 0) is 145 Å². The van der Waals surface area contributed by atoms with Gasteiger partial charge in [0.1, 0.15) is 46.0 Å². The Bertz CT molecular complexity index is 1850. The predicted octanol–water partition coefficient (Wildman–Crippen LogP) is 10.7. The Labute approximate surface area is 307 Å². The van der Waals surface area contributed by atoms with Gasteiger partial charge in [-0.2, -0.15) is 0 Å². The number of hydrogen-bond acceptors (Lipinski definition) is 6. The van der Waals surface area contributed by atoms with Gasteiger partial charge in [-0.25, -0.2) is 0 Å². The molecule has 0 atom stereocenters. The summed E-state index contributed by atoms with van der Waals surface area (Å²) in [6.45, 7) is 0. The highest BCUT2D eigenvalue weighted by atomic mass is 16.5. The van der Waals surface area contributed by atoms with E-state index in [4.69, 9.17) is 28.4 Å². The van der Waals surface area contributed by atoms with Gasteiger partial charge in [0.2, 0.25) is 0 Å². The van der Waals surface area contributed by atoms with Crippen LogP contribution in [0.25, 0.3) is 0 Å². The average molecular weight is 695 g/mol. The van der Waals surface area contributed by atoms with E-state index in [1.807, 2.05) is 60.7 Å². The highest BCUT2D eigenvalue weighted by Gasteiger charge is 2.08. The van der Waals surface area contributed by atoms with Gasteiger partial charge >= 0.3 is 0 Å². The quantitative estimate of drug-likeness (QED) is 0.0947. The highest BCUT2D eigenvalue weighted by Crippen LogP contribution is 2.30. The van der Waals surface area contributed by atoms with Crippen LogP contribution in [0.3, 0.4) is 0 Å². The van der Waals surface area contributed by atoms with Gasteiger partial charge in [0, 0.05) is 12.1 Å². The van der Waals surface area contributed by atoms with Crippen LogP contribution in [0, 0.1) is 0 Å². The molecular weight excluding hydrogens is 649 g/mol. The topological polar surface area (TPSA) is 55.4 Å². The van der Waals surface area contributed by atoms with Crippen LogP contribution in [0.5, 0.6) is 46.0 Å². The minimum Gasteiger partial charge on any atom is -0.497 e. The summed E-state index contributed by atoms with van der Waals surface area (Å²) in [5, 5.41) is 0. The Hall–Kier alpha value is -5.88. The zero-order chi connectivity index (χ0) is 36.1. The van der Waals surface area contributed by atoms with Crippen LogP contribution in [-0.2, 0) is 38.5 Å². The summed E-state index contributed by atoms with van der Waals surface area (Å²) in [6, 6.07) is 45.2. The number of benzene rings is 6. The molecule has 0 bridgehead atoms. The SMILES string of the molecule is COc1ccc(CCc2cc(OC)cc(Oc3ccc(CCc4ccc(Oc5cc(CCc6ccc(OC)cc6)cc(OC)c5)cc4)cc3)c2)cc1. The predicted molar refractivity (Wildman–Crippen MR) is 207 cm³/mol. The standard InChI is InChI=1S/C46H46O6/c1-47-39-19-11-35(12-20-39)7-9-37-27-43(49-3)31-45(29-37)51-41-23-15-33(16-24-41)5-6-34-17-25-42(26-18-34)52-46-30-38(28-44(32-46)50-4)10-8-36-13-21-40(48-2)22-14-36/h11-32H,5-10H2,1-4H3. The van der Waals surface area contributed by atoms with Gasteiger partial charge in [-0.1, -0.05) is 48.5 Å². The minimum absolute atomic E-state index is 0.762. The van der Waals surface area contributed by atoms with Gasteiger partial charge in [0.25, 0.3) is 0 Å². The summed E-state index contributed by atoms with van der Waals surface area (Å²) in [5.41, 5.74) is 7.32. The molecule has 0 unspecified atom stereocenters. The highest BCUT2D eigenvalue weighted by molar-refractivity contribution is 5.44. The summed E-state index contributed by atoms with van der Waals surface area (Å²) in [6.07, 6.45) is 5.42. The fraction of sp³-hybridized carbons (Fsp3) is 0.217. The van der Waals surface area contributed by atoms with Gasteiger partial charge in [0.05, 0.1) is 28.4 Å². The van der Waals surface area contributed by atoms with E-state index < -0.39 is 0 Å². The monoisotopic (exact) mass is 694 g/mol. The van der Waals surface area contributed by atoms with E-state index in [0.29, 0.717) is 0 Å². The number of hydrogen-bond donors (Lipinski definition) is 0. The Morgan fingerprint density at radius 2 is 0.500 bits per heavy atom. The van der Waals surface area contributed by atoms with Crippen molar-refractivity contribution in [3.05, 3.63) is 167 Å². The van der Waals surface area contributed by atoms with Crippen LogP contribution in [0.1, 0.15) is 33.4 Å². The number of aryl methyl sites for hydroxylation is 6. The van der Waals surface area contributed by atoms with E-state index in [-0.39, 0.29) is 0 Å². The molecule has 0 radical (unpaired) electrons. The fourth-order valence-electron chi connectivity index (χ4n) is 6.07. The molecule has 6 nitrogen and oxygen atoms in total. The molecule has 0 N–H and O–H groups in total. The first-order valence-electron chi connectivity index (χ1n) is 17.6. The second kappa shape index (κ2) is 17.9. The average Bonchev–Trinajstić information content (AvgIpc) is 3.19. The Kier molecular flexibility index (Phi) is 12.3. The lowest BCUT2D eigenvalue weighted by atomic mass is 10.0. The lowest BCUT2D eigenvalue weighted by Gasteiger charge is -2.12. The zero-order valence-corrected chi connectivity index (χ0v) is 30.4. The third kappa shape index (κ3) is 10.3. The molecule has 0 aromatic heterocycles. The van der Waals surface area contributed by atoms with E-state index in [1.54, 1.807) is 28.4 Å². The van der Waals surface area contributed by atoms with Crippen molar-refractivity contribution in [2.24, 2.45) is 0 Å². The second-order valence-electron chi connectivity index (χ2n) is 12.7. The van der Waals surface area contributed by atoms with Crippen LogP contribution in [-0.4, -0.2) is 28.4 Å². The van der Waals surface area contributed by atoms with Crippen molar-refractivity contribution in [3.63, 3.8) is 0 Å². The zero-order valence-electron chi connectivity index (χ0n) is 30.4. The maximum atomic E-state index is 6.26. The number of ether oxygens (including phenoxy) is 6. The van der Waals surface area contributed by atoms with Crippen molar-refractivity contribution in [3.8, 4) is 46.0 Å². The van der Waals surface area contributed by atoms with Crippen LogP contribution >= 0.6 is 0 Å². The molecule has 0 fully saturated rings. The lowest BCUT2D eigenvalue weighted by molar-refractivity contribution is 0.408. The molecule has 0 aliphatic heterocycles. The summed E-state index contributed by atoms with van der Waals surface area (Å²) >= 11 is 0. The lowest BCUT2D eigenvalue weighted by Crippen LogP contribution is -1.96. The summed E-state index contributed by atoms with van der Waals surface area (Å²) in [5.74, 6) is 6.40. The van der Waals surface area contributed by atoms with Crippen molar-refractivity contribution < 1.29 is 28.4 Å². The molecule has 0 heterocycles. The Balaban J connectivity index is 1.00. The number of rotatable bonds is 17. The van der Waals surface area contributed by atoms with E-state index in [2.05, 4.69) is 72.8 Å². The van der Waals surface area contributed by atoms with Gasteiger partial charge in [-0.15, -0.1) is 0 Å². The van der Waals surface area contributed by atoms with Crippen molar-refractivity contribution in [1.82, 2.24) is 0 Å². The smallest absolute Gasteiger partial charge is 0.131 e. The Morgan fingerprint density at radius 3 is 0.788 bits per heavy atom. The molecule has 6 rings (SSSR count). The first-order chi connectivity index (χ1) is 25.5. The van der Waals surface area contributed by atoms with Gasteiger partial charge < -0.3 is 28.4 Å². The van der Waals surface area contributed by atoms with Gasteiger partial charge in [-0.3, -0.25) is 0 Å². The molecule has 0 amide bonds. The van der Waals surface area contributed by atoms with E-state index >= 15 is 0 Å². The van der Waals surface area contributed by atoms with Crippen molar-refractivity contribution in [1.29, 1.82) is 0 Å². The van der Waals surface area contributed by atoms with Crippen LogP contribution in [0.4, 0.5) is 0 Å². The second-order valence-corrected chi connectivity index (χ2v) is 12.7. The van der Waals surface area contributed by atoms with Crippen LogP contribution in [0.2, 0.25) is 0 Å². The third-order valence-electron chi connectivity index (χ3n) is 9.09. The molecule has 0 spiro atoms. The minimum atomic E-state index is 0.762. The fourth-order valence-corrected chi connectivity index (χ4v) is 6.07. The maximum absolute atomic E-state index is 6.26. The molecular formula is C46H46O6. The Morgan fingerprint density at radius 1 is 0.250 bits per heavy atom. The van der Waals surface area contributed by atoms with E-state index in [9.17, 15) is 0 Å². The molecule has 0 aliphatic carbocycles. The summed E-state index contributed by atoms with van der Waals surface area (Å²) in [4.78, 5) is 0. The maximum Gasteiger partial charge on any atom is 0.131 e. The molecule has 52 heavy (non-hydrogen) atoms. The summed E-state index contributed by atoms with van der Waals surface area (Å²) < 4.78 is 34.2. The molecule has 6 aromatic rings. The molecule has 0 saturated carbocycles. The van der Waals surface area contributed by atoms with Gasteiger partial charge in [0.15, 0.2) is 0 Å². The molecule has 0 aliphatic rings. The normalized spacial score (nSPS) is 10.8. The first kappa shape index (κ1) is 35.9.